The molecule has 2 unspecified atom stereocenters. The number of ether oxygens (including phenoxy) is 1. The highest BCUT2D eigenvalue weighted by molar-refractivity contribution is 6.30. The molecule has 1 N–H and O–H groups in total. The maximum absolute atomic E-state index is 13.1. The Bertz CT molecular complexity index is 961. The van der Waals surface area contributed by atoms with Gasteiger partial charge < -0.3 is 10.1 Å². The summed E-state index contributed by atoms with van der Waals surface area (Å²) in [5.41, 5.74) is 0.700. The van der Waals surface area contributed by atoms with E-state index in [-0.39, 0.29) is 23.3 Å². The zero-order valence-electron chi connectivity index (χ0n) is 16.1. The fraction of sp³-hybridized carbons (Fsp3) is 0.300. The van der Waals surface area contributed by atoms with E-state index in [2.05, 4.69) is 5.32 Å². The van der Waals surface area contributed by atoms with Gasteiger partial charge in [0.1, 0.15) is 6.04 Å². The van der Waals surface area contributed by atoms with Crippen LogP contribution in [0.5, 0.6) is 5.75 Å². The van der Waals surface area contributed by atoms with Crippen LogP contribution in [0.2, 0.25) is 5.02 Å². The Morgan fingerprint density at radius 3 is 2.45 bits per heavy atom. The molecule has 2 aromatic rings. The van der Waals surface area contributed by atoms with Gasteiger partial charge in [-0.25, -0.2) is 0 Å². The lowest BCUT2D eigenvalue weighted by molar-refractivity contribution is -0.384. The van der Waals surface area contributed by atoms with Crippen molar-refractivity contribution in [3.63, 3.8) is 0 Å². The second-order valence-corrected chi connectivity index (χ2v) is 7.51. The summed E-state index contributed by atoms with van der Waals surface area (Å²) >= 11 is 5.86. The van der Waals surface area contributed by atoms with E-state index < -0.39 is 23.0 Å². The van der Waals surface area contributed by atoms with E-state index in [1.165, 1.54) is 23.1 Å². The van der Waals surface area contributed by atoms with E-state index in [1.807, 2.05) is 13.8 Å². The smallest absolute Gasteiger partial charge is 0.273 e. The van der Waals surface area contributed by atoms with Gasteiger partial charge in [-0.05, 0) is 43.2 Å². The number of nitro benzene ring substituents is 1. The number of non-ortho nitro benzene ring substituents is 1. The summed E-state index contributed by atoms with van der Waals surface area (Å²) in [7, 11) is 0. The van der Waals surface area contributed by atoms with Crippen molar-refractivity contribution in [3.05, 3.63) is 57.6 Å². The first kappa shape index (κ1) is 20.6. The van der Waals surface area contributed by atoms with Crippen LogP contribution < -0.4 is 15.0 Å². The Balaban J connectivity index is 1.95. The zero-order valence-corrected chi connectivity index (χ0v) is 16.8. The fourth-order valence-electron chi connectivity index (χ4n) is 3.07. The molecule has 8 nitrogen and oxygen atoms in total. The molecule has 1 aliphatic rings. The van der Waals surface area contributed by atoms with Crippen molar-refractivity contribution >= 4 is 40.5 Å². The largest absolute Gasteiger partial charge is 0.478 e. The summed E-state index contributed by atoms with van der Waals surface area (Å²) in [6.45, 7) is 5.21. The van der Waals surface area contributed by atoms with E-state index in [0.29, 0.717) is 16.4 Å². The van der Waals surface area contributed by atoms with E-state index in [0.717, 1.165) is 0 Å². The molecule has 0 bridgehead atoms. The summed E-state index contributed by atoms with van der Waals surface area (Å²) in [4.78, 5) is 37.8. The number of hydrogen-bond acceptors (Lipinski definition) is 5. The molecule has 0 radical (unpaired) electrons. The lowest BCUT2D eigenvalue weighted by Gasteiger charge is -2.38. The standard InChI is InChI=1S/C20H20ClN3O5/c1-11(2)18-20(26)23(16-9-8-15(24(27)28)10-17(16)29-18)12(3)19(25)22-14-6-4-13(21)5-7-14/h4-12,18H,1-3H3,(H,22,25). The minimum absolute atomic E-state index is 0.154. The van der Waals surface area contributed by atoms with Crippen LogP contribution in [0.4, 0.5) is 17.1 Å². The second kappa shape index (κ2) is 8.08. The van der Waals surface area contributed by atoms with Crippen molar-refractivity contribution in [2.24, 2.45) is 5.92 Å². The first-order valence-corrected chi connectivity index (χ1v) is 9.41. The number of rotatable bonds is 5. The van der Waals surface area contributed by atoms with Crippen LogP contribution in [0, 0.1) is 16.0 Å². The number of hydrogen-bond donors (Lipinski definition) is 1. The van der Waals surface area contributed by atoms with Gasteiger partial charge in [-0.15, -0.1) is 0 Å². The van der Waals surface area contributed by atoms with Crippen LogP contribution in [0.15, 0.2) is 42.5 Å². The van der Waals surface area contributed by atoms with Gasteiger partial charge in [0, 0.05) is 16.8 Å². The highest BCUT2D eigenvalue weighted by Crippen LogP contribution is 2.39. The summed E-state index contributed by atoms with van der Waals surface area (Å²) < 4.78 is 5.75. The van der Waals surface area contributed by atoms with E-state index in [1.54, 1.807) is 31.2 Å². The third-order valence-corrected chi connectivity index (χ3v) is 4.88. The quantitative estimate of drug-likeness (QED) is 0.584. The van der Waals surface area contributed by atoms with E-state index in [4.69, 9.17) is 16.3 Å². The first-order valence-electron chi connectivity index (χ1n) is 9.03. The third-order valence-electron chi connectivity index (χ3n) is 4.63. The molecule has 2 atom stereocenters. The molecule has 2 amide bonds. The fourth-order valence-corrected chi connectivity index (χ4v) is 3.20. The summed E-state index contributed by atoms with van der Waals surface area (Å²) in [5, 5.41) is 14.4. The van der Waals surface area contributed by atoms with Gasteiger partial charge in [-0.3, -0.25) is 24.6 Å². The van der Waals surface area contributed by atoms with Crippen LogP contribution in [-0.2, 0) is 9.59 Å². The van der Waals surface area contributed by atoms with Crippen molar-refractivity contribution in [3.8, 4) is 5.75 Å². The molecule has 152 valence electrons. The van der Waals surface area contributed by atoms with Crippen molar-refractivity contribution in [2.45, 2.75) is 32.9 Å². The van der Waals surface area contributed by atoms with Crippen LogP contribution in [-0.4, -0.2) is 28.9 Å². The summed E-state index contributed by atoms with van der Waals surface area (Å²) in [5.74, 6) is -0.776. The molecule has 1 heterocycles. The number of halogens is 1. The average Bonchev–Trinajstić information content (AvgIpc) is 2.68. The number of anilines is 2. The highest BCUT2D eigenvalue weighted by atomic mass is 35.5. The maximum atomic E-state index is 13.1. The van der Waals surface area contributed by atoms with Crippen LogP contribution in [0.25, 0.3) is 0 Å². The number of amides is 2. The monoisotopic (exact) mass is 417 g/mol. The van der Waals surface area contributed by atoms with Gasteiger partial charge in [0.15, 0.2) is 11.9 Å². The van der Waals surface area contributed by atoms with Gasteiger partial charge in [0.05, 0.1) is 16.7 Å². The summed E-state index contributed by atoms with van der Waals surface area (Å²) in [6.07, 6.45) is -0.852. The second-order valence-electron chi connectivity index (χ2n) is 7.07. The normalized spacial score (nSPS) is 16.8. The first-order chi connectivity index (χ1) is 13.7. The van der Waals surface area contributed by atoms with Crippen molar-refractivity contribution in [1.29, 1.82) is 0 Å². The van der Waals surface area contributed by atoms with Crippen molar-refractivity contribution in [2.75, 3.05) is 10.2 Å². The third kappa shape index (κ3) is 4.17. The average molecular weight is 418 g/mol. The van der Waals surface area contributed by atoms with Crippen LogP contribution >= 0.6 is 11.6 Å². The minimum Gasteiger partial charge on any atom is -0.478 e. The van der Waals surface area contributed by atoms with E-state index >= 15 is 0 Å². The van der Waals surface area contributed by atoms with E-state index in [9.17, 15) is 19.7 Å². The summed E-state index contributed by atoms with van der Waals surface area (Å²) in [6, 6.07) is 9.70. The lowest BCUT2D eigenvalue weighted by Crippen LogP contribution is -2.55. The van der Waals surface area contributed by atoms with Gasteiger partial charge in [0.2, 0.25) is 5.91 Å². The molecule has 0 saturated heterocycles. The van der Waals surface area contributed by atoms with Gasteiger partial charge >= 0.3 is 0 Å². The number of nitrogens with zero attached hydrogens (tertiary/aromatic N) is 2. The number of carbonyl (C=O) groups excluding carboxylic acids is 2. The molecule has 29 heavy (non-hydrogen) atoms. The maximum Gasteiger partial charge on any atom is 0.273 e. The predicted molar refractivity (Wildman–Crippen MR) is 109 cm³/mol. The molecule has 0 aliphatic carbocycles. The topological polar surface area (TPSA) is 102 Å². The Kier molecular flexibility index (Phi) is 5.74. The number of benzene rings is 2. The number of fused-ring (bicyclic) bond motifs is 1. The van der Waals surface area contributed by atoms with Gasteiger partial charge in [-0.2, -0.15) is 0 Å². The van der Waals surface area contributed by atoms with Gasteiger partial charge in [0.25, 0.3) is 11.6 Å². The Morgan fingerprint density at radius 1 is 1.21 bits per heavy atom. The Hall–Kier alpha value is -3.13. The predicted octanol–water partition coefficient (Wildman–Crippen LogP) is 4.03. The molecule has 0 spiro atoms. The molecule has 2 aromatic carbocycles. The number of nitro groups is 1. The Morgan fingerprint density at radius 2 is 1.86 bits per heavy atom. The molecule has 0 saturated carbocycles. The molecule has 0 fully saturated rings. The lowest BCUT2D eigenvalue weighted by atomic mass is 10.0. The van der Waals surface area contributed by atoms with Crippen molar-refractivity contribution in [1.82, 2.24) is 0 Å². The molecule has 3 rings (SSSR count). The molecule has 1 aliphatic heterocycles. The molecular formula is C20H20ClN3O5. The zero-order chi connectivity index (χ0) is 21.3. The van der Waals surface area contributed by atoms with Crippen LogP contribution in [0.1, 0.15) is 20.8 Å². The molecular weight excluding hydrogens is 398 g/mol. The number of nitrogens with one attached hydrogen (secondary N) is 1. The molecule has 0 aromatic heterocycles. The molecule has 9 heteroatoms. The Labute approximate surface area is 172 Å². The minimum atomic E-state index is -0.872. The SMILES string of the molecule is CC(C)C1Oc2cc([N+](=O)[O-])ccc2N(C(C)C(=O)Nc2ccc(Cl)cc2)C1=O. The van der Waals surface area contributed by atoms with Gasteiger partial charge in [-0.1, -0.05) is 25.4 Å². The highest BCUT2D eigenvalue weighted by Gasteiger charge is 2.41. The number of carbonyl (C=O) groups is 2. The van der Waals surface area contributed by atoms with Crippen molar-refractivity contribution < 1.29 is 19.2 Å². The van der Waals surface area contributed by atoms with Crippen LogP contribution in [0.3, 0.4) is 0 Å².